The zero-order valence-corrected chi connectivity index (χ0v) is 48.6. The van der Waals surface area contributed by atoms with E-state index in [4.69, 9.17) is 14.2 Å². The predicted octanol–water partition coefficient (Wildman–Crippen LogP) is 21.3. The van der Waals surface area contributed by atoms with Crippen LogP contribution in [0.5, 0.6) is 0 Å². The molecule has 6 nitrogen and oxygen atoms in total. The average molecular weight is 1030 g/mol. The number of rotatable bonds is 56. The molecule has 0 saturated heterocycles. The number of unbranched alkanes of at least 4 members (excludes halogenated alkanes) is 29. The zero-order chi connectivity index (χ0) is 53.6. The Bertz CT molecular complexity index is 1460. The number of ether oxygens (including phenoxy) is 3. The molecule has 0 amide bonds. The van der Waals surface area contributed by atoms with Crippen LogP contribution in [-0.4, -0.2) is 37.2 Å². The number of hydrogen-bond acceptors (Lipinski definition) is 6. The van der Waals surface area contributed by atoms with Crippen molar-refractivity contribution in [3.05, 3.63) is 97.2 Å². The summed E-state index contributed by atoms with van der Waals surface area (Å²) in [6, 6.07) is 0. The molecule has 0 aliphatic carbocycles. The van der Waals surface area contributed by atoms with Crippen LogP contribution in [0.4, 0.5) is 0 Å². The number of carbonyl (C=O) groups is 3. The lowest BCUT2D eigenvalue weighted by atomic mass is 10.0. The van der Waals surface area contributed by atoms with Gasteiger partial charge in [-0.15, -0.1) is 0 Å². The molecular formula is C68H116O6. The van der Waals surface area contributed by atoms with Gasteiger partial charge in [0.25, 0.3) is 0 Å². The van der Waals surface area contributed by atoms with Crippen molar-refractivity contribution in [1.82, 2.24) is 0 Å². The van der Waals surface area contributed by atoms with Crippen LogP contribution >= 0.6 is 0 Å². The van der Waals surface area contributed by atoms with Gasteiger partial charge in [-0.3, -0.25) is 14.4 Å². The third kappa shape index (κ3) is 59.2. The highest BCUT2D eigenvalue weighted by Gasteiger charge is 2.19. The van der Waals surface area contributed by atoms with Crippen LogP contribution < -0.4 is 0 Å². The van der Waals surface area contributed by atoms with Gasteiger partial charge in [-0.25, -0.2) is 0 Å². The molecular weight excluding hydrogens is 913 g/mol. The maximum Gasteiger partial charge on any atom is 0.306 e. The normalized spacial score (nSPS) is 12.7. The molecule has 0 spiro atoms. The van der Waals surface area contributed by atoms with Gasteiger partial charge in [0.05, 0.1) is 0 Å². The molecule has 1 atom stereocenters. The van der Waals surface area contributed by atoms with Crippen molar-refractivity contribution in [2.45, 2.75) is 303 Å². The Labute approximate surface area is 457 Å². The molecule has 0 aromatic heterocycles. The SMILES string of the molecule is CC/C=C\C/C=C\C/C=C\C/C=C\C/C=C\C/C=C\C/C=C\C/C=C\CCCCCCC(=O)OCC(COC(=O)CCCCCCCC)OC(=O)CCCCCCCCCCCCCCCCCCCCCCC. The Hall–Kier alpha value is -3.67. The highest BCUT2D eigenvalue weighted by atomic mass is 16.6. The van der Waals surface area contributed by atoms with Crippen LogP contribution in [0.25, 0.3) is 0 Å². The molecule has 0 fully saturated rings. The van der Waals surface area contributed by atoms with E-state index in [1.165, 1.54) is 135 Å². The molecule has 6 heteroatoms. The van der Waals surface area contributed by atoms with Crippen molar-refractivity contribution in [3.8, 4) is 0 Å². The monoisotopic (exact) mass is 1030 g/mol. The molecule has 0 heterocycles. The molecule has 0 N–H and O–H groups in total. The predicted molar refractivity (Wildman–Crippen MR) is 320 cm³/mol. The summed E-state index contributed by atoms with van der Waals surface area (Å²) in [5.41, 5.74) is 0. The first kappa shape index (κ1) is 70.3. The van der Waals surface area contributed by atoms with Gasteiger partial charge in [0.2, 0.25) is 0 Å². The average Bonchev–Trinajstić information content (AvgIpc) is 3.40. The fourth-order valence-corrected chi connectivity index (χ4v) is 8.69. The van der Waals surface area contributed by atoms with Gasteiger partial charge in [-0.1, -0.05) is 291 Å². The lowest BCUT2D eigenvalue weighted by Crippen LogP contribution is -2.30. The first-order chi connectivity index (χ1) is 36.5. The first-order valence-electron chi connectivity index (χ1n) is 31.2. The third-order valence-electron chi connectivity index (χ3n) is 13.4. The summed E-state index contributed by atoms with van der Waals surface area (Å²) < 4.78 is 16.8. The Morgan fingerprint density at radius 2 is 0.527 bits per heavy atom. The zero-order valence-electron chi connectivity index (χ0n) is 48.6. The van der Waals surface area contributed by atoms with E-state index in [1.807, 2.05) is 0 Å². The highest BCUT2D eigenvalue weighted by molar-refractivity contribution is 5.71. The van der Waals surface area contributed by atoms with E-state index in [2.05, 4.69) is 118 Å². The van der Waals surface area contributed by atoms with Gasteiger partial charge in [-0.05, 0) is 83.5 Å². The van der Waals surface area contributed by atoms with Crippen molar-refractivity contribution in [2.75, 3.05) is 13.2 Å². The lowest BCUT2D eigenvalue weighted by Gasteiger charge is -2.18. The van der Waals surface area contributed by atoms with Gasteiger partial charge in [0.1, 0.15) is 13.2 Å². The summed E-state index contributed by atoms with van der Waals surface area (Å²) in [7, 11) is 0. The van der Waals surface area contributed by atoms with Crippen LogP contribution in [0.15, 0.2) is 97.2 Å². The van der Waals surface area contributed by atoms with Gasteiger partial charge in [0.15, 0.2) is 6.10 Å². The van der Waals surface area contributed by atoms with Gasteiger partial charge in [-0.2, -0.15) is 0 Å². The van der Waals surface area contributed by atoms with Crippen LogP contribution in [0, 0.1) is 0 Å². The second kappa shape index (κ2) is 61.9. The van der Waals surface area contributed by atoms with Crippen LogP contribution in [-0.2, 0) is 28.6 Å². The van der Waals surface area contributed by atoms with Crippen LogP contribution in [0.2, 0.25) is 0 Å². The molecule has 74 heavy (non-hydrogen) atoms. The van der Waals surface area contributed by atoms with Crippen molar-refractivity contribution < 1.29 is 28.6 Å². The number of allylic oxidation sites excluding steroid dienone is 16. The minimum Gasteiger partial charge on any atom is -0.462 e. The summed E-state index contributed by atoms with van der Waals surface area (Å²) in [6.07, 6.45) is 83.0. The Kier molecular flexibility index (Phi) is 58.8. The number of esters is 3. The quantitative estimate of drug-likeness (QED) is 0.0261. The summed E-state index contributed by atoms with van der Waals surface area (Å²) in [4.78, 5) is 38.0. The molecule has 0 rings (SSSR count). The lowest BCUT2D eigenvalue weighted by molar-refractivity contribution is -0.167. The second-order valence-corrected chi connectivity index (χ2v) is 20.6. The summed E-state index contributed by atoms with van der Waals surface area (Å²) in [6.45, 7) is 6.47. The molecule has 424 valence electrons. The maximum atomic E-state index is 12.8. The number of hydrogen-bond donors (Lipinski definition) is 0. The topological polar surface area (TPSA) is 78.9 Å². The van der Waals surface area contributed by atoms with E-state index in [0.29, 0.717) is 19.3 Å². The summed E-state index contributed by atoms with van der Waals surface area (Å²) in [5.74, 6) is -0.910. The largest absolute Gasteiger partial charge is 0.462 e. The minimum atomic E-state index is -0.784. The standard InChI is InChI=1S/C68H116O6/c1-4-7-10-13-16-18-20-22-24-26-28-30-31-32-33-34-35-36-37-39-40-42-44-46-48-50-52-55-58-61-67(70)73-64-65(63-72-66(69)60-57-54-15-12-9-6-3)74-68(71)62-59-56-53-51-49-47-45-43-41-38-29-27-25-23-21-19-17-14-11-8-5-2/h7,10,16,18,22,24,28,30,32-33,35-36,39-40,44,46,65H,4-6,8-9,11-15,17,19-21,23,25-27,29,31,34,37-38,41-43,45,47-64H2,1-3H3/b10-7-,18-16-,24-22-,30-28-,33-32-,36-35-,40-39-,46-44-. The molecule has 1 unspecified atom stereocenters. The van der Waals surface area contributed by atoms with E-state index in [-0.39, 0.29) is 31.1 Å². The molecule has 0 aromatic rings. The Morgan fingerprint density at radius 3 is 0.824 bits per heavy atom. The van der Waals surface area contributed by atoms with E-state index in [9.17, 15) is 14.4 Å². The fourth-order valence-electron chi connectivity index (χ4n) is 8.69. The molecule has 0 saturated carbocycles. The van der Waals surface area contributed by atoms with Crippen molar-refractivity contribution in [1.29, 1.82) is 0 Å². The Balaban J connectivity index is 4.17. The summed E-state index contributed by atoms with van der Waals surface area (Å²) in [5, 5.41) is 0. The van der Waals surface area contributed by atoms with E-state index < -0.39 is 6.10 Å². The van der Waals surface area contributed by atoms with E-state index in [0.717, 1.165) is 122 Å². The van der Waals surface area contributed by atoms with Crippen molar-refractivity contribution in [2.24, 2.45) is 0 Å². The molecule has 0 aromatic carbocycles. The fraction of sp³-hybridized carbons (Fsp3) is 0.721. The van der Waals surface area contributed by atoms with Gasteiger partial charge < -0.3 is 14.2 Å². The van der Waals surface area contributed by atoms with Gasteiger partial charge >= 0.3 is 17.9 Å². The molecule has 0 aliphatic rings. The summed E-state index contributed by atoms with van der Waals surface area (Å²) >= 11 is 0. The third-order valence-corrected chi connectivity index (χ3v) is 13.4. The highest BCUT2D eigenvalue weighted by Crippen LogP contribution is 2.17. The maximum absolute atomic E-state index is 12.8. The first-order valence-corrected chi connectivity index (χ1v) is 31.2. The molecule has 0 aliphatic heterocycles. The van der Waals surface area contributed by atoms with Crippen LogP contribution in [0.3, 0.4) is 0 Å². The Morgan fingerprint density at radius 1 is 0.284 bits per heavy atom. The molecule has 0 bridgehead atoms. The van der Waals surface area contributed by atoms with Crippen molar-refractivity contribution in [3.63, 3.8) is 0 Å². The van der Waals surface area contributed by atoms with Crippen LogP contribution in [0.1, 0.15) is 297 Å². The van der Waals surface area contributed by atoms with E-state index >= 15 is 0 Å². The molecule has 0 radical (unpaired) electrons. The van der Waals surface area contributed by atoms with Gasteiger partial charge in [0, 0.05) is 19.3 Å². The van der Waals surface area contributed by atoms with Crippen molar-refractivity contribution >= 4 is 17.9 Å². The smallest absolute Gasteiger partial charge is 0.306 e. The van der Waals surface area contributed by atoms with E-state index in [1.54, 1.807) is 0 Å². The number of carbonyl (C=O) groups excluding carboxylic acids is 3. The second-order valence-electron chi connectivity index (χ2n) is 20.6. The minimum absolute atomic E-state index is 0.0835.